The molecule has 0 N–H and O–H groups in total. The fourth-order valence-corrected chi connectivity index (χ4v) is 6.06. The molecule has 0 atom stereocenters. The minimum Gasteiger partial charge on any atom is -0.0689 e. The summed E-state index contributed by atoms with van der Waals surface area (Å²) in [5.74, 6) is 1.01. The molecule has 0 aromatic rings. The van der Waals surface area contributed by atoms with Crippen LogP contribution >= 0.6 is 159 Å². The van der Waals surface area contributed by atoms with E-state index in [9.17, 15) is 0 Å². The normalized spacial score (nSPS) is 26.7. The van der Waals surface area contributed by atoms with E-state index in [0.29, 0.717) is 11.8 Å². The molecule has 0 radical (unpaired) electrons. The van der Waals surface area contributed by atoms with Gasteiger partial charge in [-0.1, -0.05) is 159 Å². The van der Waals surface area contributed by atoms with E-state index >= 15 is 0 Å². The van der Waals surface area contributed by atoms with Crippen molar-refractivity contribution in [3.63, 3.8) is 0 Å². The van der Waals surface area contributed by atoms with Crippen LogP contribution in [-0.4, -0.2) is 10.8 Å². The van der Waals surface area contributed by atoms with Crippen LogP contribution in [-0.2, 0) is 0 Å². The van der Waals surface area contributed by atoms with E-state index in [0.717, 1.165) is 25.7 Å². The van der Waals surface area contributed by atoms with Gasteiger partial charge in [0.25, 0.3) is 0 Å². The van der Waals surface area contributed by atoms with Gasteiger partial charge in [0, 0.05) is 0 Å². The van der Waals surface area contributed by atoms with Crippen LogP contribution in [0.3, 0.4) is 0 Å². The fourth-order valence-electron chi connectivity index (χ4n) is 2.28. The predicted octanol–water partition coefficient (Wildman–Crippen LogP) is 9.44. The average Bonchev–Trinajstić information content (AvgIpc) is 2.26. The SMILES string of the molecule is BrC(Br)(Br)C(Br)(Br)C1CCC(C(Br)(Br)C(Br)(Br)Br)CC1. The third-order valence-electron chi connectivity index (χ3n) is 3.51. The maximum atomic E-state index is 3.80. The van der Waals surface area contributed by atoms with E-state index in [1.165, 1.54) is 0 Å². The van der Waals surface area contributed by atoms with Crippen molar-refractivity contribution in [2.24, 2.45) is 11.8 Å². The summed E-state index contributed by atoms with van der Waals surface area (Å²) in [5, 5.41) is 0. The van der Waals surface area contributed by atoms with Gasteiger partial charge in [-0.05, 0) is 37.5 Å². The number of rotatable bonds is 2. The summed E-state index contributed by atoms with van der Waals surface area (Å²) >= 11 is 36.9. The van der Waals surface area contributed by atoms with Gasteiger partial charge in [-0.25, -0.2) is 0 Å². The Bertz CT molecular complexity index is 297. The Balaban J connectivity index is 2.75. The molecule has 0 saturated heterocycles. The van der Waals surface area contributed by atoms with Gasteiger partial charge < -0.3 is 0 Å². The van der Waals surface area contributed by atoms with Crippen LogP contribution < -0.4 is 0 Å². The van der Waals surface area contributed by atoms with Crippen LogP contribution in [0.4, 0.5) is 0 Å². The van der Waals surface area contributed by atoms with E-state index in [4.69, 9.17) is 0 Å². The van der Waals surface area contributed by atoms with Crippen molar-refractivity contribution in [2.45, 2.75) is 36.4 Å². The molecule has 0 bridgehead atoms. The first-order valence-electron chi connectivity index (χ1n) is 5.60. The third kappa shape index (κ3) is 5.40. The molecule has 0 spiro atoms. The monoisotopic (exact) mass is 919 g/mol. The van der Waals surface area contributed by atoms with Gasteiger partial charge in [-0.2, -0.15) is 0 Å². The first kappa shape index (κ1) is 22.8. The number of hydrogen-bond donors (Lipinski definition) is 0. The van der Waals surface area contributed by atoms with Crippen LogP contribution in [0.5, 0.6) is 0 Å². The highest BCUT2D eigenvalue weighted by atomic mass is 80.0. The highest BCUT2D eigenvalue weighted by Crippen LogP contribution is 2.63. The summed E-state index contributed by atoms with van der Waals surface area (Å²) < 4.78 is -1.23. The quantitative estimate of drug-likeness (QED) is 0.243. The lowest BCUT2D eigenvalue weighted by molar-refractivity contribution is 0.261. The van der Waals surface area contributed by atoms with Crippen LogP contribution in [0.15, 0.2) is 0 Å². The van der Waals surface area contributed by atoms with Crippen molar-refractivity contribution in [2.75, 3.05) is 0 Å². The van der Waals surface area contributed by atoms with Gasteiger partial charge >= 0.3 is 0 Å². The smallest absolute Gasteiger partial charge is 0.0689 e. The second-order valence-electron chi connectivity index (χ2n) is 4.79. The summed E-state index contributed by atoms with van der Waals surface area (Å²) in [7, 11) is 0. The molecule has 0 aromatic carbocycles. The lowest BCUT2D eigenvalue weighted by Crippen LogP contribution is -2.43. The first-order valence-corrected chi connectivity index (χ1v) is 13.5. The van der Waals surface area contributed by atoms with E-state index in [-0.39, 0.29) is 10.8 Å². The van der Waals surface area contributed by atoms with Crippen molar-refractivity contribution >= 4 is 159 Å². The van der Waals surface area contributed by atoms with Crippen LogP contribution in [0.2, 0.25) is 0 Å². The molecule has 0 aliphatic heterocycles. The molecule has 10 heteroatoms. The molecule has 0 unspecified atom stereocenters. The molecule has 1 fully saturated rings. The molecule has 120 valence electrons. The molecular formula is C10H10Br10. The highest BCUT2D eigenvalue weighted by molar-refractivity contribution is 9.42. The van der Waals surface area contributed by atoms with Gasteiger partial charge in [0.1, 0.15) is 6.47 Å². The van der Waals surface area contributed by atoms with Gasteiger partial charge in [-0.15, -0.1) is 0 Å². The maximum Gasteiger partial charge on any atom is 0.160 e. The fraction of sp³-hybridized carbons (Fsp3) is 1.00. The molecule has 0 aromatic heterocycles. The Kier molecular flexibility index (Phi) is 9.39. The molecule has 1 aliphatic rings. The molecule has 1 aliphatic carbocycles. The van der Waals surface area contributed by atoms with Gasteiger partial charge in [-0.3, -0.25) is 0 Å². The Morgan fingerprint density at radius 1 is 0.450 bits per heavy atom. The molecule has 0 nitrogen and oxygen atoms in total. The van der Waals surface area contributed by atoms with Crippen molar-refractivity contribution in [3.05, 3.63) is 0 Å². The van der Waals surface area contributed by atoms with Crippen molar-refractivity contribution in [1.82, 2.24) is 0 Å². The van der Waals surface area contributed by atoms with Crippen LogP contribution in [0, 0.1) is 11.8 Å². The molecule has 20 heavy (non-hydrogen) atoms. The Morgan fingerprint density at radius 2 is 0.650 bits per heavy atom. The summed E-state index contributed by atoms with van der Waals surface area (Å²) in [6.45, 7) is 0. The van der Waals surface area contributed by atoms with E-state index in [2.05, 4.69) is 159 Å². The summed E-state index contributed by atoms with van der Waals surface area (Å²) in [4.78, 5) is 0. The molecule has 0 heterocycles. The molecule has 0 amide bonds. The molecule has 1 saturated carbocycles. The average molecular weight is 929 g/mol. The second-order valence-corrected chi connectivity index (χ2v) is 25.4. The zero-order valence-corrected chi connectivity index (χ0v) is 25.6. The summed E-state index contributed by atoms with van der Waals surface area (Å²) in [5.41, 5.74) is 0. The van der Waals surface area contributed by atoms with Crippen molar-refractivity contribution in [3.8, 4) is 0 Å². The first-order chi connectivity index (χ1) is 8.71. The Hall–Kier alpha value is 4.80. The van der Waals surface area contributed by atoms with Crippen molar-refractivity contribution in [1.29, 1.82) is 0 Å². The number of alkyl halides is 10. The second kappa shape index (κ2) is 8.22. The Labute approximate surface area is 204 Å². The topological polar surface area (TPSA) is 0 Å². The van der Waals surface area contributed by atoms with Gasteiger partial charge in [0.15, 0.2) is 4.29 Å². The minimum atomic E-state index is -0.374. The highest BCUT2D eigenvalue weighted by Gasteiger charge is 2.53. The zero-order valence-electron chi connectivity index (χ0n) is 9.76. The number of hydrogen-bond acceptors (Lipinski definition) is 0. The largest absolute Gasteiger partial charge is 0.160 e. The van der Waals surface area contributed by atoms with Crippen LogP contribution in [0.25, 0.3) is 0 Å². The lowest BCUT2D eigenvalue weighted by atomic mass is 9.79. The number of halogens is 10. The van der Waals surface area contributed by atoms with Gasteiger partial charge in [0.2, 0.25) is 0 Å². The minimum absolute atomic E-state index is 0.243. The standard InChI is InChI=1S/C10H10Br10/c11-7(12,9(15,16)17)5-1-2-6(4-3-5)8(13,14)10(18,19)20/h5-6H,1-4H2. The summed E-state index contributed by atoms with van der Waals surface area (Å²) in [6.07, 6.45) is 4.48. The summed E-state index contributed by atoms with van der Waals surface area (Å²) in [6, 6.07) is 0. The van der Waals surface area contributed by atoms with E-state index < -0.39 is 0 Å². The maximum absolute atomic E-state index is 3.80. The predicted molar refractivity (Wildman–Crippen MR) is 126 cm³/mol. The molecule has 1 rings (SSSR count). The van der Waals surface area contributed by atoms with E-state index in [1.807, 2.05) is 0 Å². The zero-order chi connectivity index (χ0) is 16.0. The van der Waals surface area contributed by atoms with Crippen LogP contribution in [0.1, 0.15) is 25.7 Å². The van der Waals surface area contributed by atoms with Crippen molar-refractivity contribution < 1.29 is 0 Å². The van der Waals surface area contributed by atoms with E-state index in [1.54, 1.807) is 0 Å². The molecular weight excluding hydrogens is 919 g/mol. The third-order valence-corrected chi connectivity index (χ3v) is 18.6. The lowest BCUT2D eigenvalue weighted by Gasteiger charge is -2.45. The van der Waals surface area contributed by atoms with Gasteiger partial charge in [0.05, 0.1) is 0 Å². The Morgan fingerprint density at radius 3 is 0.800 bits per heavy atom.